The highest BCUT2D eigenvalue weighted by atomic mass is 19.1. The van der Waals surface area contributed by atoms with Crippen LogP contribution in [0.4, 0.5) is 4.39 Å². The van der Waals surface area contributed by atoms with E-state index in [-0.39, 0.29) is 5.82 Å². The van der Waals surface area contributed by atoms with Gasteiger partial charge in [0, 0.05) is 13.2 Å². The first-order valence-electron chi connectivity index (χ1n) is 6.28. The number of rotatable bonds is 8. The lowest BCUT2D eigenvalue weighted by molar-refractivity contribution is 0.139. The Balaban J connectivity index is 2.33. The molecule has 0 aliphatic heterocycles. The molecule has 1 atom stereocenters. The number of hydrogen-bond donors (Lipinski definition) is 1. The maximum absolute atomic E-state index is 12.8. The smallest absolute Gasteiger partial charge is 0.123 e. The highest BCUT2D eigenvalue weighted by Crippen LogP contribution is 2.14. The largest absolute Gasteiger partial charge is 0.382 e. The summed E-state index contributed by atoms with van der Waals surface area (Å²) < 4.78 is 18.1. The average Bonchev–Trinajstić information content (AvgIpc) is 2.35. The van der Waals surface area contributed by atoms with Crippen molar-refractivity contribution in [2.24, 2.45) is 11.7 Å². The molecule has 2 N–H and O–H groups in total. The van der Waals surface area contributed by atoms with Crippen molar-refractivity contribution in [3.8, 4) is 0 Å². The molecule has 2 nitrogen and oxygen atoms in total. The van der Waals surface area contributed by atoms with Crippen molar-refractivity contribution in [2.45, 2.75) is 26.2 Å². The highest BCUT2D eigenvalue weighted by Gasteiger charge is 2.07. The lowest BCUT2D eigenvalue weighted by Crippen LogP contribution is -2.17. The van der Waals surface area contributed by atoms with E-state index >= 15 is 0 Å². The molecule has 3 heteroatoms. The second-order valence-electron chi connectivity index (χ2n) is 4.27. The van der Waals surface area contributed by atoms with Crippen LogP contribution in [-0.2, 0) is 11.2 Å². The first-order chi connectivity index (χ1) is 8.26. The minimum absolute atomic E-state index is 0.186. The van der Waals surface area contributed by atoms with E-state index in [1.54, 1.807) is 0 Å². The summed E-state index contributed by atoms with van der Waals surface area (Å²) in [6, 6.07) is 6.67. The van der Waals surface area contributed by atoms with Gasteiger partial charge in [-0.1, -0.05) is 12.1 Å². The quantitative estimate of drug-likeness (QED) is 0.708. The molecule has 0 amide bonds. The van der Waals surface area contributed by atoms with Crippen molar-refractivity contribution in [2.75, 3.05) is 19.8 Å². The summed E-state index contributed by atoms with van der Waals surface area (Å²) in [7, 11) is 0. The fourth-order valence-corrected chi connectivity index (χ4v) is 1.88. The SMILES string of the molecule is CCOCCCC(CN)Cc1ccc(F)cc1. The van der Waals surface area contributed by atoms with Crippen molar-refractivity contribution in [1.29, 1.82) is 0 Å². The average molecular weight is 239 g/mol. The summed E-state index contributed by atoms with van der Waals surface area (Å²) in [5, 5.41) is 0. The molecule has 0 aliphatic rings. The second kappa shape index (κ2) is 8.20. The van der Waals surface area contributed by atoms with Crippen LogP contribution in [0.15, 0.2) is 24.3 Å². The molecule has 0 fully saturated rings. The minimum atomic E-state index is -0.186. The van der Waals surface area contributed by atoms with Gasteiger partial charge in [-0.15, -0.1) is 0 Å². The predicted molar refractivity (Wildman–Crippen MR) is 68.4 cm³/mol. The van der Waals surface area contributed by atoms with Crippen molar-refractivity contribution in [1.82, 2.24) is 0 Å². The molecule has 0 heterocycles. The number of benzene rings is 1. The van der Waals surface area contributed by atoms with Crippen molar-refractivity contribution in [3.05, 3.63) is 35.6 Å². The van der Waals surface area contributed by atoms with Gasteiger partial charge in [-0.25, -0.2) is 4.39 Å². The highest BCUT2D eigenvalue weighted by molar-refractivity contribution is 5.16. The van der Waals surface area contributed by atoms with E-state index in [9.17, 15) is 4.39 Å². The molecular formula is C14H22FNO. The van der Waals surface area contributed by atoms with Crippen LogP contribution < -0.4 is 5.73 Å². The zero-order valence-electron chi connectivity index (χ0n) is 10.5. The van der Waals surface area contributed by atoms with E-state index in [2.05, 4.69) is 0 Å². The monoisotopic (exact) mass is 239 g/mol. The van der Waals surface area contributed by atoms with E-state index in [0.29, 0.717) is 12.5 Å². The van der Waals surface area contributed by atoms with Gasteiger partial charge in [-0.05, 0) is 56.3 Å². The van der Waals surface area contributed by atoms with Crippen LogP contribution in [0.3, 0.4) is 0 Å². The van der Waals surface area contributed by atoms with Gasteiger partial charge in [0.1, 0.15) is 5.82 Å². The molecule has 0 aliphatic carbocycles. The van der Waals surface area contributed by atoms with E-state index < -0.39 is 0 Å². The molecule has 0 saturated carbocycles. The van der Waals surface area contributed by atoms with Crippen LogP contribution in [0.2, 0.25) is 0 Å². The molecule has 0 aromatic heterocycles. The Morgan fingerprint density at radius 2 is 2.00 bits per heavy atom. The third-order valence-electron chi connectivity index (χ3n) is 2.88. The lowest BCUT2D eigenvalue weighted by atomic mass is 9.95. The summed E-state index contributed by atoms with van der Waals surface area (Å²) in [6.07, 6.45) is 3.02. The zero-order chi connectivity index (χ0) is 12.5. The van der Waals surface area contributed by atoms with Gasteiger partial charge < -0.3 is 10.5 Å². The van der Waals surface area contributed by atoms with Crippen LogP contribution in [-0.4, -0.2) is 19.8 Å². The van der Waals surface area contributed by atoms with Crippen molar-refractivity contribution >= 4 is 0 Å². The van der Waals surface area contributed by atoms with Crippen LogP contribution in [0.1, 0.15) is 25.3 Å². The normalized spacial score (nSPS) is 12.6. The molecule has 96 valence electrons. The van der Waals surface area contributed by atoms with Gasteiger partial charge in [0.2, 0.25) is 0 Å². The number of ether oxygens (including phenoxy) is 1. The molecule has 1 aromatic rings. The number of nitrogens with two attached hydrogens (primary N) is 1. The van der Waals surface area contributed by atoms with E-state index in [0.717, 1.165) is 38.0 Å². The Labute approximate surface area is 103 Å². The Bertz CT molecular complexity index is 300. The molecule has 17 heavy (non-hydrogen) atoms. The molecule has 0 radical (unpaired) electrons. The molecule has 1 aromatic carbocycles. The van der Waals surface area contributed by atoms with E-state index in [4.69, 9.17) is 10.5 Å². The number of hydrogen-bond acceptors (Lipinski definition) is 2. The molecule has 0 bridgehead atoms. The molecule has 1 rings (SSSR count). The van der Waals surface area contributed by atoms with Gasteiger partial charge in [-0.3, -0.25) is 0 Å². The standard InChI is InChI=1S/C14H22FNO/c1-2-17-9-3-4-13(11-16)10-12-5-7-14(15)8-6-12/h5-8,13H,2-4,9-11,16H2,1H3. The number of halogens is 1. The van der Waals surface area contributed by atoms with Gasteiger partial charge in [0.25, 0.3) is 0 Å². The summed E-state index contributed by atoms with van der Waals surface area (Å²) in [4.78, 5) is 0. The third-order valence-corrected chi connectivity index (χ3v) is 2.88. The summed E-state index contributed by atoms with van der Waals surface area (Å²) in [5.41, 5.74) is 6.90. The van der Waals surface area contributed by atoms with Crippen LogP contribution in [0, 0.1) is 11.7 Å². The Kier molecular flexibility index (Phi) is 6.82. The maximum Gasteiger partial charge on any atom is 0.123 e. The van der Waals surface area contributed by atoms with Crippen LogP contribution >= 0.6 is 0 Å². The Hall–Kier alpha value is -0.930. The molecular weight excluding hydrogens is 217 g/mol. The van der Waals surface area contributed by atoms with E-state index in [1.165, 1.54) is 12.1 Å². The molecule has 0 saturated heterocycles. The maximum atomic E-state index is 12.8. The minimum Gasteiger partial charge on any atom is -0.382 e. The summed E-state index contributed by atoms with van der Waals surface area (Å²) in [5.74, 6) is 0.273. The fraction of sp³-hybridized carbons (Fsp3) is 0.571. The van der Waals surface area contributed by atoms with Crippen LogP contribution in [0.25, 0.3) is 0 Å². The zero-order valence-corrected chi connectivity index (χ0v) is 10.5. The third kappa shape index (κ3) is 5.80. The van der Waals surface area contributed by atoms with Crippen molar-refractivity contribution < 1.29 is 9.13 Å². The second-order valence-corrected chi connectivity index (χ2v) is 4.27. The Morgan fingerprint density at radius 1 is 1.29 bits per heavy atom. The first kappa shape index (κ1) is 14.1. The topological polar surface area (TPSA) is 35.2 Å². The van der Waals surface area contributed by atoms with Gasteiger partial charge >= 0.3 is 0 Å². The first-order valence-corrected chi connectivity index (χ1v) is 6.28. The lowest BCUT2D eigenvalue weighted by Gasteiger charge is -2.14. The Morgan fingerprint density at radius 3 is 2.59 bits per heavy atom. The predicted octanol–water partition coefficient (Wildman–Crippen LogP) is 2.76. The van der Waals surface area contributed by atoms with Gasteiger partial charge in [-0.2, -0.15) is 0 Å². The van der Waals surface area contributed by atoms with Crippen molar-refractivity contribution in [3.63, 3.8) is 0 Å². The fourth-order valence-electron chi connectivity index (χ4n) is 1.88. The summed E-state index contributed by atoms with van der Waals surface area (Å²) in [6.45, 7) is 4.24. The van der Waals surface area contributed by atoms with Crippen LogP contribution in [0.5, 0.6) is 0 Å². The van der Waals surface area contributed by atoms with Gasteiger partial charge in [0.15, 0.2) is 0 Å². The summed E-state index contributed by atoms with van der Waals surface area (Å²) >= 11 is 0. The van der Waals surface area contributed by atoms with Gasteiger partial charge in [0.05, 0.1) is 0 Å². The molecule has 1 unspecified atom stereocenters. The molecule has 0 spiro atoms. The van der Waals surface area contributed by atoms with E-state index in [1.807, 2.05) is 19.1 Å².